The molecule has 0 bridgehead atoms. The van der Waals surface area contributed by atoms with Gasteiger partial charge in [0.25, 0.3) is 0 Å². The van der Waals surface area contributed by atoms with Gasteiger partial charge in [0.05, 0.1) is 25.6 Å². The summed E-state index contributed by atoms with van der Waals surface area (Å²) in [7, 11) is 0. The lowest BCUT2D eigenvalue weighted by molar-refractivity contribution is -0.0159. The van der Waals surface area contributed by atoms with Crippen molar-refractivity contribution in [3.8, 4) is 0 Å². The van der Waals surface area contributed by atoms with Gasteiger partial charge in [-0.3, -0.25) is 9.88 Å². The van der Waals surface area contributed by atoms with Crippen LogP contribution in [0.1, 0.15) is 13.8 Å². The normalized spacial score (nSPS) is 22.2. The van der Waals surface area contributed by atoms with Gasteiger partial charge in [-0.05, 0) is 20.1 Å². The standard InChI is InChI=1S/C13H22N4OS/c1-10(17-4-5-18-9-11(17)2)6-15-12-7-14-8-13(16-12)19-3/h7-8,10-11H,4-6,9H2,1-3H3,(H,15,16)/t10-,11+/m0/s1. The second kappa shape index (κ2) is 7.07. The molecular formula is C13H22N4OS. The second-order valence-corrected chi connectivity index (χ2v) is 5.66. The van der Waals surface area contributed by atoms with Crippen LogP contribution < -0.4 is 5.32 Å². The maximum atomic E-state index is 5.47. The summed E-state index contributed by atoms with van der Waals surface area (Å²) in [4.78, 5) is 11.1. The van der Waals surface area contributed by atoms with Crippen LogP contribution in [0.5, 0.6) is 0 Å². The number of thioether (sulfide) groups is 1. The Bertz CT molecular complexity index is 404. The van der Waals surface area contributed by atoms with E-state index in [4.69, 9.17) is 4.74 Å². The van der Waals surface area contributed by atoms with Crippen molar-refractivity contribution in [2.45, 2.75) is 31.0 Å². The Morgan fingerprint density at radius 3 is 3.16 bits per heavy atom. The largest absolute Gasteiger partial charge is 0.379 e. The summed E-state index contributed by atoms with van der Waals surface area (Å²) < 4.78 is 5.47. The SMILES string of the molecule is CSc1cncc(NC[C@H](C)N2CCOC[C@H]2C)n1. The van der Waals surface area contributed by atoms with Crippen molar-refractivity contribution in [3.63, 3.8) is 0 Å². The lowest BCUT2D eigenvalue weighted by Gasteiger charge is -2.37. The molecule has 2 heterocycles. The first-order chi connectivity index (χ1) is 9.20. The fourth-order valence-electron chi connectivity index (χ4n) is 2.30. The van der Waals surface area contributed by atoms with Gasteiger partial charge in [0.2, 0.25) is 0 Å². The molecule has 19 heavy (non-hydrogen) atoms. The first kappa shape index (κ1) is 14.6. The topological polar surface area (TPSA) is 50.3 Å². The zero-order valence-corrected chi connectivity index (χ0v) is 12.6. The quantitative estimate of drug-likeness (QED) is 0.830. The van der Waals surface area contributed by atoms with Crippen molar-refractivity contribution in [2.75, 3.05) is 37.9 Å². The molecule has 2 atom stereocenters. The van der Waals surface area contributed by atoms with Crippen LogP contribution >= 0.6 is 11.8 Å². The third kappa shape index (κ3) is 4.06. The van der Waals surface area contributed by atoms with E-state index in [1.54, 1.807) is 24.2 Å². The van der Waals surface area contributed by atoms with Crippen LogP contribution in [0.3, 0.4) is 0 Å². The van der Waals surface area contributed by atoms with Gasteiger partial charge in [0, 0.05) is 25.2 Å². The third-order valence-corrected chi connectivity index (χ3v) is 4.00. The average molecular weight is 282 g/mol. The smallest absolute Gasteiger partial charge is 0.145 e. The lowest BCUT2D eigenvalue weighted by Crippen LogP contribution is -2.50. The molecule has 0 amide bonds. The highest BCUT2D eigenvalue weighted by Crippen LogP contribution is 2.14. The summed E-state index contributed by atoms with van der Waals surface area (Å²) in [6.07, 6.45) is 5.56. The lowest BCUT2D eigenvalue weighted by atomic mass is 10.2. The zero-order chi connectivity index (χ0) is 13.7. The van der Waals surface area contributed by atoms with Gasteiger partial charge in [-0.2, -0.15) is 0 Å². The molecule has 0 aromatic carbocycles. The highest BCUT2D eigenvalue weighted by Gasteiger charge is 2.23. The Labute approximate surface area is 119 Å². The van der Waals surface area contributed by atoms with Crippen LogP contribution in [0.15, 0.2) is 17.4 Å². The number of hydrogen-bond acceptors (Lipinski definition) is 6. The van der Waals surface area contributed by atoms with E-state index in [0.717, 1.165) is 37.1 Å². The molecule has 1 aromatic heterocycles. The van der Waals surface area contributed by atoms with Gasteiger partial charge in [-0.15, -0.1) is 11.8 Å². The molecule has 1 aliphatic heterocycles. The van der Waals surface area contributed by atoms with Crippen molar-refractivity contribution in [1.82, 2.24) is 14.9 Å². The number of anilines is 1. The molecule has 1 aromatic rings. The number of nitrogens with zero attached hydrogens (tertiary/aromatic N) is 3. The highest BCUT2D eigenvalue weighted by molar-refractivity contribution is 7.98. The van der Waals surface area contributed by atoms with E-state index in [-0.39, 0.29) is 0 Å². The van der Waals surface area contributed by atoms with E-state index in [1.165, 1.54) is 0 Å². The van der Waals surface area contributed by atoms with Crippen LogP contribution in [0.4, 0.5) is 5.82 Å². The maximum Gasteiger partial charge on any atom is 0.145 e. The first-order valence-electron chi connectivity index (χ1n) is 6.64. The molecule has 1 N–H and O–H groups in total. The number of rotatable bonds is 5. The van der Waals surface area contributed by atoms with E-state index in [9.17, 15) is 0 Å². The number of morpholine rings is 1. The summed E-state index contributed by atoms with van der Waals surface area (Å²) in [6.45, 7) is 7.98. The summed E-state index contributed by atoms with van der Waals surface area (Å²) in [5.41, 5.74) is 0. The number of aromatic nitrogens is 2. The molecular weight excluding hydrogens is 260 g/mol. The Kier molecular flexibility index (Phi) is 5.42. The monoisotopic (exact) mass is 282 g/mol. The maximum absolute atomic E-state index is 5.47. The predicted molar refractivity (Wildman–Crippen MR) is 78.8 cm³/mol. The third-order valence-electron chi connectivity index (χ3n) is 3.39. The molecule has 1 fully saturated rings. The Morgan fingerprint density at radius 2 is 2.42 bits per heavy atom. The summed E-state index contributed by atoms with van der Waals surface area (Å²) in [5, 5.41) is 4.31. The Hall–Kier alpha value is -0.850. The van der Waals surface area contributed by atoms with Crippen LogP contribution in [-0.2, 0) is 4.74 Å². The summed E-state index contributed by atoms with van der Waals surface area (Å²) >= 11 is 1.61. The van der Waals surface area contributed by atoms with Crippen LogP contribution in [0, 0.1) is 0 Å². The minimum Gasteiger partial charge on any atom is -0.379 e. The van der Waals surface area contributed by atoms with Gasteiger partial charge >= 0.3 is 0 Å². The van der Waals surface area contributed by atoms with Gasteiger partial charge < -0.3 is 10.1 Å². The van der Waals surface area contributed by atoms with Crippen molar-refractivity contribution in [2.24, 2.45) is 0 Å². The van der Waals surface area contributed by atoms with E-state index >= 15 is 0 Å². The molecule has 106 valence electrons. The molecule has 0 saturated carbocycles. The zero-order valence-electron chi connectivity index (χ0n) is 11.8. The summed E-state index contributed by atoms with van der Waals surface area (Å²) in [6, 6.07) is 0.938. The van der Waals surface area contributed by atoms with Crippen LogP contribution in [0.2, 0.25) is 0 Å². The van der Waals surface area contributed by atoms with Crippen LogP contribution in [-0.4, -0.2) is 59.5 Å². The number of ether oxygens (including phenoxy) is 1. The molecule has 2 rings (SSSR count). The summed E-state index contributed by atoms with van der Waals surface area (Å²) in [5.74, 6) is 0.847. The van der Waals surface area contributed by atoms with E-state index < -0.39 is 0 Å². The predicted octanol–water partition coefficient (Wildman–Crippen LogP) is 1.72. The molecule has 0 unspecified atom stereocenters. The molecule has 5 nitrogen and oxygen atoms in total. The van der Waals surface area contributed by atoms with Gasteiger partial charge in [0.15, 0.2) is 0 Å². The molecule has 6 heteroatoms. The second-order valence-electron chi connectivity index (χ2n) is 4.84. The van der Waals surface area contributed by atoms with E-state index in [0.29, 0.717) is 12.1 Å². The average Bonchev–Trinajstić information content (AvgIpc) is 2.45. The Balaban J connectivity index is 1.86. The van der Waals surface area contributed by atoms with E-state index in [1.807, 2.05) is 6.26 Å². The number of hydrogen-bond donors (Lipinski definition) is 1. The fourth-order valence-corrected chi connectivity index (χ4v) is 2.65. The molecule has 0 aliphatic carbocycles. The molecule has 0 radical (unpaired) electrons. The van der Waals surface area contributed by atoms with Crippen molar-refractivity contribution >= 4 is 17.6 Å². The van der Waals surface area contributed by atoms with Crippen molar-refractivity contribution in [3.05, 3.63) is 12.4 Å². The molecule has 1 saturated heterocycles. The molecule has 0 spiro atoms. The number of nitrogens with one attached hydrogen (secondary N) is 1. The van der Waals surface area contributed by atoms with Crippen LogP contribution in [0.25, 0.3) is 0 Å². The van der Waals surface area contributed by atoms with Gasteiger partial charge in [-0.1, -0.05) is 0 Å². The van der Waals surface area contributed by atoms with Crippen molar-refractivity contribution in [1.29, 1.82) is 0 Å². The Morgan fingerprint density at radius 1 is 1.58 bits per heavy atom. The fraction of sp³-hybridized carbons (Fsp3) is 0.692. The van der Waals surface area contributed by atoms with Crippen molar-refractivity contribution < 1.29 is 4.74 Å². The highest BCUT2D eigenvalue weighted by atomic mass is 32.2. The van der Waals surface area contributed by atoms with Gasteiger partial charge in [-0.25, -0.2) is 4.98 Å². The van der Waals surface area contributed by atoms with Gasteiger partial charge in [0.1, 0.15) is 10.8 Å². The first-order valence-corrected chi connectivity index (χ1v) is 7.86. The minimum atomic E-state index is 0.457. The molecule has 1 aliphatic rings. The van der Waals surface area contributed by atoms with E-state index in [2.05, 4.69) is 34.0 Å². The minimum absolute atomic E-state index is 0.457.